The van der Waals surface area contributed by atoms with Crippen LogP contribution in [-0.2, 0) is 4.79 Å². The van der Waals surface area contributed by atoms with Gasteiger partial charge in [0.05, 0.1) is 36.4 Å². The molecule has 0 saturated carbocycles. The zero-order valence-corrected chi connectivity index (χ0v) is 23.5. The second-order valence-electron chi connectivity index (χ2n) is 10.2. The summed E-state index contributed by atoms with van der Waals surface area (Å²) in [5.74, 6) is -0.695. The lowest BCUT2D eigenvalue weighted by atomic mass is 10.1. The number of benzene rings is 4. The summed E-state index contributed by atoms with van der Waals surface area (Å²) in [4.78, 5) is 47.1. The minimum Gasteiger partial charge on any atom is -0.495 e. The Morgan fingerprint density at radius 2 is 1.35 bits per heavy atom. The summed E-state index contributed by atoms with van der Waals surface area (Å²) in [6.45, 7) is -0.0135. The van der Waals surface area contributed by atoms with Crippen LogP contribution in [0.2, 0.25) is 0 Å². The number of carboxylic acid groups (broad SMARTS) is 1. The van der Waals surface area contributed by atoms with Gasteiger partial charge in [-0.05, 0) is 47.5 Å². The number of aliphatic carboxylic acids is 1. The van der Waals surface area contributed by atoms with E-state index in [0.717, 1.165) is 11.1 Å². The number of carbonyl (C=O) groups is 3. The summed E-state index contributed by atoms with van der Waals surface area (Å²) in [6.07, 6.45) is 3.89. The number of ether oxygens (including phenoxy) is 1. The maximum absolute atomic E-state index is 14.3. The van der Waals surface area contributed by atoms with Gasteiger partial charge in [-0.3, -0.25) is 9.80 Å². The van der Waals surface area contributed by atoms with Gasteiger partial charge in [-0.25, -0.2) is 14.4 Å². The van der Waals surface area contributed by atoms with E-state index in [9.17, 15) is 19.5 Å². The fourth-order valence-electron chi connectivity index (χ4n) is 5.59. The molecular formula is C34H30N4O5. The van der Waals surface area contributed by atoms with Gasteiger partial charge in [-0.2, -0.15) is 0 Å². The van der Waals surface area contributed by atoms with Crippen LogP contribution in [0.15, 0.2) is 103 Å². The third-order valence-electron chi connectivity index (χ3n) is 7.70. The van der Waals surface area contributed by atoms with Crippen molar-refractivity contribution in [1.29, 1.82) is 0 Å². The Balaban J connectivity index is 1.33. The Labute approximate surface area is 249 Å². The smallest absolute Gasteiger partial charge is 0.330 e. The fourth-order valence-corrected chi connectivity index (χ4v) is 5.59. The Hall–Kier alpha value is -5.57. The highest BCUT2D eigenvalue weighted by molar-refractivity contribution is 6.07. The number of urea groups is 2. The van der Waals surface area contributed by atoms with Crippen LogP contribution in [0.3, 0.4) is 0 Å². The minimum atomic E-state index is -1.27. The number of anilines is 4. The van der Waals surface area contributed by atoms with Crippen LogP contribution >= 0.6 is 0 Å². The zero-order chi connectivity index (χ0) is 29.9. The van der Waals surface area contributed by atoms with Crippen molar-refractivity contribution in [2.24, 2.45) is 0 Å². The number of piperazine rings is 1. The monoisotopic (exact) mass is 574 g/mol. The predicted octanol–water partition coefficient (Wildman–Crippen LogP) is 6.47. The van der Waals surface area contributed by atoms with Crippen LogP contribution in [0, 0.1) is 0 Å². The van der Waals surface area contributed by atoms with Gasteiger partial charge in [0.1, 0.15) is 11.8 Å². The molecule has 2 aliphatic rings. The number of methoxy groups -OCH3 is 1. The van der Waals surface area contributed by atoms with Crippen molar-refractivity contribution in [3.63, 3.8) is 0 Å². The van der Waals surface area contributed by atoms with E-state index >= 15 is 0 Å². The summed E-state index contributed by atoms with van der Waals surface area (Å²) in [5, 5.41) is 10.4. The molecule has 216 valence electrons. The Kier molecular flexibility index (Phi) is 7.53. The third-order valence-corrected chi connectivity index (χ3v) is 7.70. The quantitative estimate of drug-likeness (QED) is 0.302. The van der Waals surface area contributed by atoms with Crippen LogP contribution in [-0.4, -0.2) is 65.7 Å². The molecule has 0 radical (unpaired) electrons. The van der Waals surface area contributed by atoms with Crippen molar-refractivity contribution in [3.8, 4) is 5.75 Å². The maximum Gasteiger partial charge on any atom is 0.330 e. The van der Waals surface area contributed by atoms with E-state index in [1.165, 1.54) is 21.8 Å². The number of para-hydroxylation sites is 5. The van der Waals surface area contributed by atoms with Crippen molar-refractivity contribution >= 4 is 52.9 Å². The molecule has 2 heterocycles. The van der Waals surface area contributed by atoms with Gasteiger partial charge >= 0.3 is 18.0 Å². The largest absolute Gasteiger partial charge is 0.495 e. The average molecular weight is 575 g/mol. The first-order valence-corrected chi connectivity index (χ1v) is 13.9. The normalized spacial score (nSPS) is 15.7. The molecule has 1 N–H and O–H groups in total. The molecule has 4 amide bonds. The number of fused-ring (bicyclic) bond motifs is 2. The van der Waals surface area contributed by atoms with Crippen LogP contribution in [0.5, 0.6) is 5.75 Å². The van der Waals surface area contributed by atoms with E-state index in [1.807, 2.05) is 91.0 Å². The van der Waals surface area contributed by atoms with Crippen LogP contribution in [0.4, 0.5) is 32.3 Å². The van der Waals surface area contributed by atoms with Crippen LogP contribution < -0.4 is 14.5 Å². The van der Waals surface area contributed by atoms with Crippen molar-refractivity contribution in [3.05, 3.63) is 114 Å². The number of rotatable bonds is 4. The Bertz CT molecular complexity index is 1660. The first kappa shape index (κ1) is 27.6. The van der Waals surface area contributed by atoms with Crippen molar-refractivity contribution in [1.82, 2.24) is 9.80 Å². The number of amides is 4. The standard InChI is InChI=1S/C34H30N4O5/c1-43-31-18-10-9-17-29(31)37(26-13-3-2-4-14-26)33(41)35-21-22-36(30(23-35)32(39)40)34(42)38-27-15-7-5-11-24(27)19-20-25-12-6-8-16-28(25)38/h2-20,30H,21-23H2,1H3,(H,39,40)/t30-/m0/s1. The SMILES string of the molecule is COc1ccccc1N(C(=O)N1CCN(C(=O)N2c3ccccc3C=Cc3ccccc32)[C@H](C(=O)O)C1)c1ccccc1. The van der Waals surface area contributed by atoms with Gasteiger partial charge in [0.2, 0.25) is 0 Å². The van der Waals surface area contributed by atoms with E-state index in [0.29, 0.717) is 28.5 Å². The van der Waals surface area contributed by atoms with Crippen LogP contribution in [0.1, 0.15) is 11.1 Å². The molecule has 4 aromatic rings. The molecule has 2 aliphatic heterocycles. The van der Waals surface area contributed by atoms with Crippen molar-refractivity contribution in [2.75, 3.05) is 36.5 Å². The predicted molar refractivity (Wildman–Crippen MR) is 166 cm³/mol. The van der Waals surface area contributed by atoms with Gasteiger partial charge in [0.25, 0.3) is 0 Å². The number of carboxylic acids is 1. The maximum atomic E-state index is 14.3. The lowest BCUT2D eigenvalue weighted by molar-refractivity contribution is -0.143. The molecule has 0 spiro atoms. The van der Waals surface area contributed by atoms with Crippen LogP contribution in [0.25, 0.3) is 12.2 Å². The highest BCUT2D eigenvalue weighted by Gasteiger charge is 2.41. The lowest BCUT2D eigenvalue weighted by Gasteiger charge is -2.42. The average Bonchev–Trinajstić information content (AvgIpc) is 3.22. The Morgan fingerprint density at radius 3 is 1.98 bits per heavy atom. The summed E-state index contributed by atoms with van der Waals surface area (Å²) in [7, 11) is 1.53. The number of carbonyl (C=O) groups excluding carboxylic acids is 2. The molecule has 1 saturated heterocycles. The first-order valence-electron chi connectivity index (χ1n) is 13.9. The Morgan fingerprint density at radius 1 is 0.767 bits per heavy atom. The molecule has 1 atom stereocenters. The summed E-state index contributed by atoms with van der Waals surface area (Å²) in [5.41, 5.74) is 4.11. The second kappa shape index (κ2) is 11.7. The first-order chi connectivity index (χ1) is 21.0. The van der Waals surface area contributed by atoms with E-state index in [2.05, 4.69) is 0 Å². The number of hydrogen-bond acceptors (Lipinski definition) is 4. The third kappa shape index (κ3) is 5.17. The number of nitrogens with zero attached hydrogens (tertiary/aromatic N) is 4. The van der Waals surface area contributed by atoms with Gasteiger partial charge in [-0.1, -0.05) is 78.9 Å². The molecule has 1 fully saturated rings. The second-order valence-corrected chi connectivity index (χ2v) is 10.2. The molecule has 0 bridgehead atoms. The highest BCUT2D eigenvalue weighted by Crippen LogP contribution is 2.38. The van der Waals surface area contributed by atoms with E-state index < -0.39 is 24.1 Å². The summed E-state index contributed by atoms with van der Waals surface area (Å²) < 4.78 is 5.56. The molecule has 4 aromatic carbocycles. The number of hydrogen-bond donors (Lipinski definition) is 1. The fraction of sp³-hybridized carbons (Fsp3) is 0.147. The summed E-state index contributed by atoms with van der Waals surface area (Å²) >= 11 is 0. The molecule has 0 aromatic heterocycles. The molecule has 6 rings (SSSR count). The van der Waals surface area contributed by atoms with Gasteiger partial charge < -0.3 is 19.6 Å². The summed E-state index contributed by atoms with van der Waals surface area (Å²) in [6, 6.07) is 29.2. The molecule has 0 aliphatic carbocycles. The molecule has 9 nitrogen and oxygen atoms in total. The van der Waals surface area contributed by atoms with Crippen molar-refractivity contribution in [2.45, 2.75) is 6.04 Å². The lowest BCUT2D eigenvalue weighted by Crippen LogP contribution is -2.62. The van der Waals surface area contributed by atoms with Gasteiger partial charge in [0, 0.05) is 13.1 Å². The van der Waals surface area contributed by atoms with Gasteiger partial charge in [-0.15, -0.1) is 0 Å². The highest BCUT2D eigenvalue weighted by atomic mass is 16.5. The molecule has 0 unspecified atom stereocenters. The molecular weight excluding hydrogens is 544 g/mol. The van der Waals surface area contributed by atoms with E-state index in [-0.39, 0.29) is 19.6 Å². The van der Waals surface area contributed by atoms with Crippen molar-refractivity contribution < 1.29 is 24.2 Å². The topological polar surface area (TPSA) is 93.6 Å². The van der Waals surface area contributed by atoms with E-state index in [1.54, 1.807) is 29.2 Å². The van der Waals surface area contributed by atoms with E-state index in [4.69, 9.17) is 4.74 Å². The zero-order valence-electron chi connectivity index (χ0n) is 23.5. The molecule has 9 heteroatoms. The minimum absolute atomic E-state index is 0.0321. The van der Waals surface area contributed by atoms with Gasteiger partial charge in [0.15, 0.2) is 0 Å². The molecule has 43 heavy (non-hydrogen) atoms.